The summed E-state index contributed by atoms with van der Waals surface area (Å²) in [5, 5.41) is 14.2. The summed E-state index contributed by atoms with van der Waals surface area (Å²) in [6.07, 6.45) is -4.72. The van der Waals surface area contributed by atoms with Gasteiger partial charge in [-0.25, -0.2) is 4.85 Å². The lowest BCUT2D eigenvalue weighted by atomic mass is 9.84. The van der Waals surface area contributed by atoms with Crippen molar-refractivity contribution in [2.75, 3.05) is 0 Å². The van der Waals surface area contributed by atoms with Gasteiger partial charge in [-0.2, -0.15) is 18.4 Å². The molecule has 0 fully saturated rings. The lowest BCUT2D eigenvalue weighted by molar-refractivity contribution is -0.137. The van der Waals surface area contributed by atoms with Crippen molar-refractivity contribution in [3.8, 4) is 39.7 Å². The SMILES string of the molecule is [C-]#[N+]c1ccc(-c2ccc(-c3c(C)c(C)c(C#N)c(C)c3C(F)(F)F)cc2-n2c3ccccc3c3cc(C)ccc32)c(-n2c3ccccc3c3cc(C)ccc32)c1. The number of para-hydroxylation sites is 2. The molecule has 9 aromatic rings. The van der Waals surface area contributed by atoms with E-state index in [2.05, 4.69) is 75.5 Å². The van der Waals surface area contributed by atoms with Gasteiger partial charge in [-0.1, -0.05) is 83.9 Å². The zero-order valence-electron chi connectivity index (χ0n) is 32.0. The lowest BCUT2D eigenvalue weighted by Gasteiger charge is -2.24. The predicted molar refractivity (Wildman–Crippen MR) is 226 cm³/mol. The van der Waals surface area contributed by atoms with Crippen molar-refractivity contribution in [2.45, 2.75) is 40.8 Å². The lowest BCUT2D eigenvalue weighted by Crippen LogP contribution is -2.14. The topological polar surface area (TPSA) is 38.0 Å². The first-order valence-electron chi connectivity index (χ1n) is 18.7. The number of aromatic nitrogens is 2. The van der Waals surface area contributed by atoms with Gasteiger partial charge in [0.05, 0.1) is 51.5 Å². The van der Waals surface area contributed by atoms with Crippen molar-refractivity contribution in [3.05, 3.63) is 172 Å². The molecular formula is C50H35F3N4. The van der Waals surface area contributed by atoms with E-state index in [1.165, 1.54) is 6.92 Å². The summed E-state index contributed by atoms with van der Waals surface area (Å²) >= 11 is 0. The Balaban J connectivity index is 1.45. The van der Waals surface area contributed by atoms with Crippen LogP contribution in [0.3, 0.4) is 0 Å². The molecule has 9 rings (SSSR count). The van der Waals surface area contributed by atoms with Crippen LogP contribution >= 0.6 is 0 Å². The van der Waals surface area contributed by atoms with Crippen molar-refractivity contribution in [1.82, 2.24) is 9.13 Å². The van der Waals surface area contributed by atoms with Crippen molar-refractivity contribution in [1.29, 1.82) is 5.26 Å². The van der Waals surface area contributed by atoms with Crippen molar-refractivity contribution in [2.24, 2.45) is 0 Å². The summed E-state index contributed by atoms with van der Waals surface area (Å²) in [6, 6.07) is 42.2. The number of alkyl halides is 3. The minimum Gasteiger partial charge on any atom is -0.310 e. The summed E-state index contributed by atoms with van der Waals surface area (Å²) in [6.45, 7) is 16.9. The summed E-state index contributed by atoms with van der Waals surface area (Å²) in [7, 11) is 0. The summed E-state index contributed by atoms with van der Waals surface area (Å²) in [4.78, 5) is 3.84. The van der Waals surface area contributed by atoms with Gasteiger partial charge >= 0.3 is 6.18 Å². The van der Waals surface area contributed by atoms with E-state index < -0.39 is 11.7 Å². The van der Waals surface area contributed by atoms with Crippen molar-refractivity contribution >= 4 is 49.3 Å². The molecule has 0 radical (unpaired) electrons. The van der Waals surface area contributed by atoms with Crippen LogP contribution in [0.25, 0.3) is 82.1 Å². The monoisotopic (exact) mass is 748 g/mol. The maximum atomic E-state index is 15.2. The van der Waals surface area contributed by atoms with Gasteiger partial charge in [0.1, 0.15) is 0 Å². The summed E-state index contributed by atoms with van der Waals surface area (Å²) in [5.41, 5.74) is 10.0. The molecule has 2 aromatic heterocycles. The molecule has 4 nitrogen and oxygen atoms in total. The van der Waals surface area contributed by atoms with Gasteiger partial charge in [-0.15, -0.1) is 0 Å². The van der Waals surface area contributed by atoms with E-state index in [9.17, 15) is 5.26 Å². The maximum Gasteiger partial charge on any atom is 0.417 e. The number of nitriles is 1. The van der Waals surface area contributed by atoms with E-state index in [0.717, 1.165) is 71.6 Å². The molecule has 0 saturated carbocycles. The molecule has 0 amide bonds. The zero-order chi connectivity index (χ0) is 39.9. The van der Waals surface area contributed by atoms with Gasteiger partial charge in [-0.3, -0.25) is 0 Å². The van der Waals surface area contributed by atoms with Gasteiger partial charge in [0.25, 0.3) is 0 Å². The number of nitrogens with zero attached hydrogens (tertiary/aromatic N) is 4. The average molecular weight is 749 g/mol. The molecule has 0 N–H and O–H groups in total. The highest BCUT2D eigenvalue weighted by molar-refractivity contribution is 6.12. The van der Waals surface area contributed by atoms with Gasteiger partial charge in [0, 0.05) is 38.4 Å². The fourth-order valence-electron chi connectivity index (χ4n) is 8.83. The largest absolute Gasteiger partial charge is 0.417 e. The number of hydrogen-bond acceptors (Lipinski definition) is 1. The van der Waals surface area contributed by atoms with Crippen LogP contribution in [0.5, 0.6) is 0 Å². The van der Waals surface area contributed by atoms with Crippen LogP contribution in [0.4, 0.5) is 18.9 Å². The van der Waals surface area contributed by atoms with Gasteiger partial charge in [0.2, 0.25) is 0 Å². The highest BCUT2D eigenvalue weighted by atomic mass is 19.4. The molecule has 57 heavy (non-hydrogen) atoms. The Morgan fingerprint density at radius 2 is 1.07 bits per heavy atom. The fraction of sp³-hybridized carbons (Fsp3) is 0.120. The molecule has 7 heteroatoms. The third-order valence-corrected chi connectivity index (χ3v) is 11.5. The van der Waals surface area contributed by atoms with Crippen LogP contribution in [0, 0.1) is 52.5 Å². The first-order valence-corrected chi connectivity index (χ1v) is 18.7. The Morgan fingerprint density at radius 1 is 0.561 bits per heavy atom. The second kappa shape index (κ2) is 13.0. The molecule has 7 aromatic carbocycles. The van der Waals surface area contributed by atoms with Gasteiger partial charge < -0.3 is 9.13 Å². The van der Waals surface area contributed by atoms with Crippen LogP contribution in [0.2, 0.25) is 0 Å². The molecular weight excluding hydrogens is 714 g/mol. The Kier molecular flexibility index (Phi) is 8.12. The van der Waals surface area contributed by atoms with Crippen LogP contribution in [0.1, 0.15) is 38.9 Å². The Hall–Kier alpha value is -7.09. The van der Waals surface area contributed by atoms with E-state index in [-0.39, 0.29) is 16.7 Å². The zero-order valence-corrected chi connectivity index (χ0v) is 32.0. The van der Waals surface area contributed by atoms with E-state index >= 15 is 13.2 Å². The maximum absolute atomic E-state index is 15.2. The molecule has 0 aliphatic rings. The normalized spacial score (nSPS) is 11.8. The van der Waals surface area contributed by atoms with Gasteiger partial charge in [-0.05, 0) is 111 Å². The average Bonchev–Trinajstić information content (AvgIpc) is 3.70. The molecule has 0 saturated heterocycles. The third-order valence-electron chi connectivity index (χ3n) is 11.5. The fourth-order valence-corrected chi connectivity index (χ4v) is 8.83. The van der Waals surface area contributed by atoms with Crippen LogP contribution in [-0.4, -0.2) is 9.13 Å². The van der Waals surface area contributed by atoms with Crippen LogP contribution in [0.15, 0.2) is 121 Å². The van der Waals surface area contributed by atoms with E-state index in [4.69, 9.17) is 6.57 Å². The molecule has 0 aliphatic heterocycles. The van der Waals surface area contributed by atoms with Gasteiger partial charge in [0.15, 0.2) is 5.69 Å². The minimum absolute atomic E-state index is 0.0455. The standard InChI is InChI=1S/C50H35F3N4/c1-28-15-21-44-39(23-28)35-11-7-9-13-42(35)56(44)46-25-33(48-31(4)30(3)41(27-54)32(5)49(48)50(51,52)53)17-19-37(46)38-20-18-34(55-6)26-47(38)57-43-14-10-8-12-36(43)40-24-29(2)16-22-45(40)57/h7-26H,1-5H3. The quantitative estimate of drug-likeness (QED) is 0.165. The molecule has 0 unspecified atom stereocenters. The number of fused-ring (bicyclic) bond motifs is 6. The van der Waals surface area contributed by atoms with E-state index in [1.54, 1.807) is 26.0 Å². The highest BCUT2D eigenvalue weighted by Gasteiger charge is 2.38. The number of benzene rings is 7. The smallest absolute Gasteiger partial charge is 0.310 e. The molecule has 276 valence electrons. The minimum atomic E-state index is -4.72. The van der Waals surface area contributed by atoms with E-state index in [0.29, 0.717) is 28.1 Å². The highest BCUT2D eigenvalue weighted by Crippen LogP contribution is 2.47. The Morgan fingerprint density at radius 3 is 1.60 bits per heavy atom. The molecule has 0 bridgehead atoms. The number of hydrogen-bond donors (Lipinski definition) is 0. The molecule has 0 atom stereocenters. The number of halogens is 3. The Bertz CT molecular complexity index is 3250. The number of aryl methyl sites for hydroxylation is 2. The van der Waals surface area contributed by atoms with Crippen molar-refractivity contribution in [3.63, 3.8) is 0 Å². The number of rotatable bonds is 4. The molecule has 2 heterocycles. The summed E-state index contributed by atoms with van der Waals surface area (Å²) < 4.78 is 50.0. The van der Waals surface area contributed by atoms with Crippen LogP contribution < -0.4 is 0 Å². The second-order valence-electron chi connectivity index (χ2n) is 14.9. The Labute approximate surface area is 328 Å². The van der Waals surface area contributed by atoms with E-state index in [1.807, 2.05) is 67.6 Å². The van der Waals surface area contributed by atoms with Crippen LogP contribution in [-0.2, 0) is 6.18 Å². The van der Waals surface area contributed by atoms with Crippen molar-refractivity contribution < 1.29 is 13.2 Å². The first-order chi connectivity index (χ1) is 27.4. The second-order valence-corrected chi connectivity index (χ2v) is 14.9. The molecule has 0 aliphatic carbocycles. The first kappa shape index (κ1) is 35.6. The predicted octanol–water partition coefficient (Wildman–Crippen LogP) is 14.2. The third kappa shape index (κ3) is 5.42. The summed E-state index contributed by atoms with van der Waals surface area (Å²) in [5.74, 6) is 0. The molecule has 0 spiro atoms.